The van der Waals surface area contributed by atoms with Crippen molar-refractivity contribution in [2.24, 2.45) is 0 Å². The maximum atomic E-state index is 12.0. The summed E-state index contributed by atoms with van der Waals surface area (Å²) in [6.45, 7) is 3.71. The van der Waals surface area contributed by atoms with E-state index in [4.69, 9.17) is 39.8 Å². The van der Waals surface area contributed by atoms with E-state index < -0.39 is 5.24 Å². The molecule has 1 heterocycles. The van der Waals surface area contributed by atoms with Crippen molar-refractivity contribution >= 4 is 50.9 Å². The number of carbonyl (C=O) groups excluding carboxylic acids is 1. The number of hydrogen-bond acceptors (Lipinski definition) is 2. The van der Waals surface area contributed by atoms with Crippen LogP contribution in [0.4, 0.5) is 0 Å². The van der Waals surface area contributed by atoms with Gasteiger partial charge in [-0.25, -0.2) is 4.98 Å². The number of hydrogen-bond donors (Lipinski definition) is 0. The highest BCUT2D eigenvalue weighted by Crippen LogP contribution is 2.34. The fourth-order valence-electron chi connectivity index (χ4n) is 2.71. The van der Waals surface area contributed by atoms with E-state index in [1.54, 1.807) is 18.2 Å². The summed E-state index contributed by atoms with van der Waals surface area (Å²) in [6.07, 6.45) is 0. The highest BCUT2D eigenvalue weighted by Gasteiger charge is 2.19. The third-order valence-corrected chi connectivity index (χ3v) is 4.72. The van der Waals surface area contributed by atoms with Crippen LogP contribution in [0.3, 0.4) is 0 Å². The molecule has 0 N–H and O–H groups in total. The van der Waals surface area contributed by atoms with Gasteiger partial charge in [0.25, 0.3) is 5.24 Å². The molecule has 0 bridgehead atoms. The van der Waals surface area contributed by atoms with Crippen molar-refractivity contribution in [1.82, 2.24) is 4.98 Å². The topological polar surface area (TPSA) is 30.0 Å². The Bertz CT molecular complexity index is 951. The summed E-state index contributed by atoms with van der Waals surface area (Å²) in [6, 6.07) is 10.9. The Kier molecular flexibility index (Phi) is 4.33. The molecule has 0 fully saturated rings. The zero-order valence-corrected chi connectivity index (χ0v) is 14.7. The number of aryl methyl sites for hydroxylation is 1. The average Bonchev–Trinajstić information content (AvgIpc) is 2.50. The van der Waals surface area contributed by atoms with E-state index in [0.29, 0.717) is 32.2 Å². The van der Waals surface area contributed by atoms with Crippen molar-refractivity contribution in [2.45, 2.75) is 13.8 Å². The van der Waals surface area contributed by atoms with E-state index in [1.807, 2.05) is 32.0 Å². The average molecular weight is 365 g/mol. The first-order valence-electron chi connectivity index (χ1n) is 6.95. The molecular formula is C18H12Cl3NO. The molecule has 0 aliphatic carbocycles. The molecule has 0 amide bonds. The first-order valence-corrected chi connectivity index (χ1v) is 8.08. The molecule has 5 heteroatoms. The number of aromatic nitrogens is 1. The second kappa shape index (κ2) is 6.12. The summed E-state index contributed by atoms with van der Waals surface area (Å²) in [5.41, 5.74) is 4.16. The molecule has 1 aromatic heterocycles. The smallest absolute Gasteiger partial charge is 0.253 e. The monoisotopic (exact) mass is 363 g/mol. The molecule has 0 saturated carbocycles. The molecule has 0 saturated heterocycles. The molecule has 116 valence electrons. The summed E-state index contributed by atoms with van der Waals surface area (Å²) >= 11 is 18.1. The number of carbonyl (C=O) groups is 1. The fraction of sp³-hybridized carbons (Fsp3) is 0.111. The van der Waals surface area contributed by atoms with Gasteiger partial charge in [0.2, 0.25) is 0 Å². The van der Waals surface area contributed by atoms with Crippen LogP contribution in [0.2, 0.25) is 10.0 Å². The number of fused-ring (bicyclic) bond motifs is 1. The Balaban J connectivity index is 2.46. The minimum absolute atomic E-state index is 0.450. The number of nitrogens with zero attached hydrogens (tertiary/aromatic N) is 1. The van der Waals surface area contributed by atoms with Gasteiger partial charge in [-0.15, -0.1) is 0 Å². The van der Waals surface area contributed by atoms with Gasteiger partial charge in [-0.1, -0.05) is 41.4 Å². The predicted molar refractivity (Wildman–Crippen MR) is 96.9 cm³/mol. The van der Waals surface area contributed by atoms with Crippen LogP contribution in [0.1, 0.15) is 21.5 Å². The molecule has 2 nitrogen and oxygen atoms in total. The highest BCUT2D eigenvalue weighted by molar-refractivity contribution is 6.69. The Morgan fingerprint density at radius 1 is 1.04 bits per heavy atom. The van der Waals surface area contributed by atoms with Crippen LogP contribution in [0.5, 0.6) is 0 Å². The molecule has 3 aromatic rings. The molecular weight excluding hydrogens is 353 g/mol. The summed E-state index contributed by atoms with van der Waals surface area (Å²) in [7, 11) is 0. The Labute approximate surface area is 149 Å². The second-order valence-electron chi connectivity index (χ2n) is 5.31. The lowest BCUT2D eigenvalue weighted by molar-refractivity contribution is 0.108. The van der Waals surface area contributed by atoms with E-state index in [9.17, 15) is 4.79 Å². The molecule has 0 radical (unpaired) electrons. The summed E-state index contributed by atoms with van der Waals surface area (Å²) in [5, 5.41) is 1.39. The van der Waals surface area contributed by atoms with Gasteiger partial charge in [-0.05, 0) is 54.8 Å². The summed E-state index contributed by atoms with van der Waals surface area (Å²) < 4.78 is 0. The Morgan fingerprint density at radius 3 is 2.43 bits per heavy atom. The Morgan fingerprint density at radius 2 is 1.78 bits per heavy atom. The van der Waals surface area contributed by atoms with Crippen LogP contribution < -0.4 is 0 Å². The molecule has 0 unspecified atom stereocenters. The Hall–Kier alpha value is -1.61. The van der Waals surface area contributed by atoms with E-state index in [1.165, 1.54) is 0 Å². The lowest BCUT2D eigenvalue weighted by Crippen LogP contribution is -2.02. The molecule has 0 spiro atoms. The van der Waals surface area contributed by atoms with Crippen molar-refractivity contribution in [3.05, 3.63) is 63.1 Å². The standard InChI is InChI=1S/C18H12Cl3NO/c1-9-14(20)7-6-13-15(18(21)23)10(2)16(22-17(9)13)11-4-3-5-12(19)8-11/h3-8H,1-2H3. The van der Waals surface area contributed by atoms with Crippen LogP contribution in [0.25, 0.3) is 22.2 Å². The molecule has 23 heavy (non-hydrogen) atoms. The first kappa shape index (κ1) is 16.3. The third-order valence-electron chi connectivity index (χ3n) is 3.88. The van der Waals surface area contributed by atoms with Crippen molar-refractivity contribution in [1.29, 1.82) is 0 Å². The van der Waals surface area contributed by atoms with E-state index in [-0.39, 0.29) is 0 Å². The van der Waals surface area contributed by atoms with Gasteiger partial charge in [0, 0.05) is 26.6 Å². The maximum Gasteiger partial charge on any atom is 0.253 e. The van der Waals surface area contributed by atoms with Crippen molar-refractivity contribution in [3.63, 3.8) is 0 Å². The van der Waals surface area contributed by atoms with Crippen LogP contribution in [-0.2, 0) is 0 Å². The predicted octanol–water partition coefficient (Wildman–Crippen LogP) is 6.20. The van der Waals surface area contributed by atoms with Crippen LogP contribution in [-0.4, -0.2) is 10.2 Å². The van der Waals surface area contributed by atoms with Crippen LogP contribution in [0, 0.1) is 13.8 Å². The van der Waals surface area contributed by atoms with Gasteiger partial charge in [0.1, 0.15) is 0 Å². The highest BCUT2D eigenvalue weighted by atomic mass is 35.5. The maximum absolute atomic E-state index is 12.0. The molecule has 2 aromatic carbocycles. The van der Waals surface area contributed by atoms with Gasteiger partial charge >= 0.3 is 0 Å². The van der Waals surface area contributed by atoms with Gasteiger partial charge in [0.15, 0.2) is 0 Å². The number of benzene rings is 2. The zero-order chi connectivity index (χ0) is 16.7. The number of halogens is 3. The van der Waals surface area contributed by atoms with Gasteiger partial charge in [0.05, 0.1) is 11.2 Å². The largest absolute Gasteiger partial charge is 0.276 e. The van der Waals surface area contributed by atoms with Crippen molar-refractivity contribution < 1.29 is 4.79 Å². The van der Waals surface area contributed by atoms with Gasteiger partial charge in [-0.3, -0.25) is 4.79 Å². The fourth-order valence-corrected chi connectivity index (χ4v) is 3.29. The molecule has 0 aliphatic rings. The zero-order valence-electron chi connectivity index (χ0n) is 12.5. The minimum atomic E-state index is -0.514. The molecule has 0 aliphatic heterocycles. The van der Waals surface area contributed by atoms with Crippen molar-refractivity contribution in [2.75, 3.05) is 0 Å². The lowest BCUT2D eigenvalue weighted by Gasteiger charge is -2.14. The first-order chi connectivity index (χ1) is 10.9. The minimum Gasteiger partial charge on any atom is -0.276 e. The SMILES string of the molecule is Cc1c(-c2cccc(Cl)c2)nc2c(C)c(Cl)ccc2c1C(=O)Cl. The van der Waals surface area contributed by atoms with Gasteiger partial charge in [-0.2, -0.15) is 0 Å². The van der Waals surface area contributed by atoms with Crippen molar-refractivity contribution in [3.8, 4) is 11.3 Å². The molecule has 3 rings (SSSR count). The van der Waals surface area contributed by atoms with Gasteiger partial charge < -0.3 is 0 Å². The number of rotatable bonds is 2. The van der Waals surface area contributed by atoms with E-state index in [2.05, 4.69) is 0 Å². The quantitative estimate of drug-likeness (QED) is 0.506. The normalized spacial score (nSPS) is 11.0. The summed E-state index contributed by atoms with van der Waals surface area (Å²) in [4.78, 5) is 16.7. The number of pyridine rings is 1. The lowest BCUT2D eigenvalue weighted by atomic mass is 9.97. The summed E-state index contributed by atoms with van der Waals surface area (Å²) in [5.74, 6) is 0. The van der Waals surface area contributed by atoms with E-state index >= 15 is 0 Å². The third kappa shape index (κ3) is 2.83. The van der Waals surface area contributed by atoms with Crippen LogP contribution >= 0.6 is 34.8 Å². The van der Waals surface area contributed by atoms with E-state index in [0.717, 1.165) is 16.7 Å². The van der Waals surface area contributed by atoms with Crippen LogP contribution in [0.15, 0.2) is 36.4 Å². The second-order valence-corrected chi connectivity index (χ2v) is 6.50. The molecule has 0 atom stereocenters.